The Morgan fingerprint density at radius 1 is 1.18 bits per heavy atom. The van der Waals surface area contributed by atoms with E-state index in [4.69, 9.17) is 4.74 Å². The van der Waals surface area contributed by atoms with Gasteiger partial charge in [-0.25, -0.2) is 0 Å². The summed E-state index contributed by atoms with van der Waals surface area (Å²) in [5.74, 6) is -2.57. The number of nitrogens with one attached hydrogen (secondary N) is 1. The molecule has 0 saturated carbocycles. The molecule has 2 aromatic rings. The molecule has 1 aliphatic rings. The van der Waals surface area contributed by atoms with Crippen molar-refractivity contribution in [3.63, 3.8) is 0 Å². The van der Waals surface area contributed by atoms with Crippen LogP contribution < -0.4 is 10.1 Å². The zero-order chi connectivity index (χ0) is 15.7. The van der Waals surface area contributed by atoms with Gasteiger partial charge in [-0.3, -0.25) is 19.4 Å². The molecule has 1 aliphatic carbocycles. The van der Waals surface area contributed by atoms with Crippen LogP contribution in [0.2, 0.25) is 0 Å². The fraction of sp³-hybridized carbons (Fsp3) is 0.125. The summed E-state index contributed by atoms with van der Waals surface area (Å²) >= 11 is 0. The molecule has 1 heterocycles. The van der Waals surface area contributed by atoms with Crippen molar-refractivity contribution in [3.8, 4) is 5.75 Å². The fourth-order valence-electron chi connectivity index (χ4n) is 2.37. The number of nitrogens with zero attached hydrogens (tertiary/aromatic N) is 1. The number of carbonyl (C=O) groups excluding carboxylic acids is 3. The minimum absolute atomic E-state index is 0.0540. The van der Waals surface area contributed by atoms with Gasteiger partial charge in [0.05, 0.1) is 7.11 Å². The Morgan fingerprint density at radius 3 is 2.73 bits per heavy atom. The van der Waals surface area contributed by atoms with E-state index < -0.39 is 23.4 Å². The first kappa shape index (κ1) is 13.9. The second-order valence-corrected chi connectivity index (χ2v) is 4.78. The van der Waals surface area contributed by atoms with E-state index in [1.54, 1.807) is 30.3 Å². The summed E-state index contributed by atoms with van der Waals surface area (Å²) in [7, 11) is 1.51. The summed E-state index contributed by atoms with van der Waals surface area (Å²) in [5, 5.41) is 2.57. The SMILES string of the molecule is COc1cccc(NC(=O)C2C(=O)c3cccnc3C2=O)c1. The van der Waals surface area contributed by atoms with Crippen LogP contribution in [0.4, 0.5) is 5.69 Å². The smallest absolute Gasteiger partial charge is 0.243 e. The van der Waals surface area contributed by atoms with Crippen LogP contribution in [-0.2, 0) is 4.79 Å². The van der Waals surface area contributed by atoms with Crippen LogP contribution in [0.1, 0.15) is 20.8 Å². The predicted molar refractivity (Wildman–Crippen MR) is 78.0 cm³/mol. The minimum Gasteiger partial charge on any atom is -0.497 e. The van der Waals surface area contributed by atoms with Crippen LogP contribution in [0, 0.1) is 5.92 Å². The number of pyridine rings is 1. The maximum Gasteiger partial charge on any atom is 0.243 e. The highest BCUT2D eigenvalue weighted by Crippen LogP contribution is 2.26. The fourth-order valence-corrected chi connectivity index (χ4v) is 2.37. The van der Waals surface area contributed by atoms with Gasteiger partial charge >= 0.3 is 0 Å². The van der Waals surface area contributed by atoms with E-state index in [2.05, 4.69) is 10.3 Å². The van der Waals surface area contributed by atoms with E-state index >= 15 is 0 Å². The van der Waals surface area contributed by atoms with Gasteiger partial charge in [-0.1, -0.05) is 6.07 Å². The Balaban J connectivity index is 1.85. The summed E-state index contributed by atoms with van der Waals surface area (Å²) in [5.41, 5.74) is 0.699. The maximum absolute atomic E-state index is 12.3. The average Bonchev–Trinajstić information content (AvgIpc) is 2.79. The van der Waals surface area contributed by atoms with Crippen molar-refractivity contribution in [1.82, 2.24) is 4.98 Å². The van der Waals surface area contributed by atoms with E-state index in [0.717, 1.165) is 0 Å². The molecule has 1 N–H and O–H groups in total. The number of aromatic nitrogens is 1. The molecule has 0 fully saturated rings. The Kier molecular flexibility index (Phi) is 3.42. The number of amides is 1. The molecule has 110 valence electrons. The third kappa shape index (κ3) is 2.24. The molecule has 0 spiro atoms. The quantitative estimate of drug-likeness (QED) is 0.872. The molecule has 1 atom stereocenters. The lowest BCUT2D eigenvalue weighted by Gasteiger charge is -2.09. The molecule has 0 bridgehead atoms. The summed E-state index contributed by atoms with van der Waals surface area (Å²) < 4.78 is 5.06. The minimum atomic E-state index is -1.38. The summed E-state index contributed by atoms with van der Waals surface area (Å²) in [6.45, 7) is 0. The van der Waals surface area contributed by atoms with Crippen LogP contribution in [0.5, 0.6) is 5.75 Å². The van der Waals surface area contributed by atoms with Gasteiger partial charge in [0.15, 0.2) is 11.7 Å². The van der Waals surface area contributed by atoms with Crippen LogP contribution in [0.25, 0.3) is 0 Å². The molecule has 0 saturated heterocycles. The van der Waals surface area contributed by atoms with Crippen molar-refractivity contribution in [2.75, 3.05) is 12.4 Å². The number of benzene rings is 1. The molecule has 6 nitrogen and oxygen atoms in total. The van der Waals surface area contributed by atoms with Crippen molar-refractivity contribution in [1.29, 1.82) is 0 Å². The first-order valence-electron chi connectivity index (χ1n) is 6.60. The third-order valence-corrected chi connectivity index (χ3v) is 3.43. The Hall–Kier alpha value is -3.02. The standard InChI is InChI=1S/C16H12N2O4/c1-22-10-5-2-4-9(8-10)18-16(21)12-14(19)11-6-3-7-17-13(11)15(12)20/h2-8,12H,1H3,(H,18,21). The zero-order valence-electron chi connectivity index (χ0n) is 11.7. The number of fused-ring (bicyclic) bond motifs is 1. The highest BCUT2D eigenvalue weighted by Gasteiger charge is 2.44. The van der Waals surface area contributed by atoms with Crippen LogP contribution in [-0.4, -0.2) is 29.6 Å². The van der Waals surface area contributed by atoms with Crippen molar-refractivity contribution in [3.05, 3.63) is 53.9 Å². The zero-order valence-corrected chi connectivity index (χ0v) is 11.7. The highest BCUT2D eigenvalue weighted by atomic mass is 16.5. The first-order chi connectivity index (χ1) is 10.6. The normalized spacial score (nSPS) is 16.3. The first-order valence-corrected chi connectivity index (χ1v) is 6.60. The van der Waals surface area contributed by atoms with Gasteiger partial charge in [-0.05, 0) is 24.3 Å². The van der Waals surface area contributed by atoms with E-state index in [-0.39, 0.29) is 11.3 Å². The van der Waals surface area contributed by atoms with Gasteiger partial charge in [0.25, 0.3) is 0 Å². The van der Waals surface area contributed by atoms with Gasteiger partial charge in [0.2, 0.25) is 11.7 Å². The topological polar surface area (TPSA) is 85.4 Å². The number of methoxy groups -OCH3 is 1. The third-order valence-electron chi connectivity index (χ3n) is 3.43. The lowest BCUT2D eigenvalue weighted by atomic mass is 10.0. The number of carbonyl (C=O) groups is 3. The van der Waals surface area contributed by atoms with E-state index in [9.17, 15) is 14.4 Å². The molecule has 6 heteroatoms. The molecule has 0 aliphatic heterocycles. The van der Waals surface area contributed by atoms with Gasteiger partial charge in [0, 0.05) is 23.5 Å². The highest BCUT2D eigenvalue weighted by molar-refractivity contribution is 6.36. The number of anilines is 1. The number of Topliss-reactive ketones (excluding diaryl/α,β-unsaturated/α-hetero) is 2. The monoisotopic (exact) mass is 296 g/mol. The van der Waals surface area contributed by atoms with E-state index in [1.165, 1.54) is 19.4 Å². The molecule has 1 unspecified atom stereocenters. The summed E-state index contributed by atoms with van der Waals surface area (Å²) in [6.07, 6.45) is 1.42. The molecule has 22 heavy (non-hydrogen) atoms. The molecule has 1 aromatic carbocycles. The summed E-state index contributed by atoms with van der Waals surface area (Å²) in [4.78, 5) is 40.6. The number of ketones is 2. The molecule has 0 radical (unpaired) electrons. The number of hydrogen-bond donors (Lipinski definition) is 1. The lowest BCUT2D eigenvalue weighted by Crippen LogP contribution is -2.31. The largest absolute Gasteiger partial charge is 0.497 e. The molecule has 1 aromatic heterocycles. The Bertz CT molecular complexity index is 750. The van der Waals surface area contributed by atoms with Crippen molar-refractivity contribution < 1.29 is 19.1 Å². The van der Waals surface area contributed by atoms with Gasteiger partial charge in [-0.15, -0.1) is 0 Å². The lowest BCUT2D eigenvalue weighted by molar-refractivity contribution is -0.117. The Labute approximate surface area is 126 Å². The molecule has 1 amide bonds. The Morgan fingerprint density at radius 2 is 2.00 bits per heavy atom. The van der Waals surface area contributed by atoms with Gasteiger partial charge < -0.3 is 10.1 Å². The van der Waals surface area contributed by atoms with Crippen molar-refractivity contribution in [2.45, 2.75) is 0 Å². The summed E-state index contributed by atoms with van der Waals surface area (Å²) in [6, 6.07) is 9.74. The van der Waals surface area contributed by atoms with E-state index in [0.29, 0.717) is 11.4 Å². The van der Waals surface area contributed by atoms with Crippen LogP contribution in [0.15, 0.2) is 42.6 Å². The van der Waals surface area contributed by atoms with Gasteiger partial charge in [0.1, 0.15) is 11.4 Å². The van der Waals surface area contributed by atoms with Crippen molar-refractivity contribution in [2.24, 2.45) is 5.92 Å². The number of ether oxygens (including phenoxy) is 1. The number of hydrogen-bond acceptors (Lipinski definition) is 5. The van der Waals surface area contributed by atoms with Crippen LogP contribution >= 0.6 is 0 Å². The van der Waals surface area contributed by atoms with Gasteiger partial charge in [-0.2, -0.15) is 0 Å². The van der Waals surface area contributed by atoms with Crippen LogP contribution in [0.3, 0.4) is 0 Å². The second-order valence-electron chi connectivity index (χ2n) is 4.78. The molecular weight excluding hydrogens is 284 g/mol. The second kappa shape index (κ2) is 5.40. The predicted octanol–water partition coefficient (Wildman–Crippen LogP) is 1.72. The maximum atomic E-state index is 12.3. The number of rotatable bonds is 3. The average molecular weight is 296 g/mol. The molecular formula is C16H12N2O4. The van der Waals surface area contributed by atoms with Crippen molar-refractivity contribution >= 4 is 23.2 Å². The molecule has 3 rings (SSSR count). The van der Waals surface area contributed by atoms with E-state index in [1.807, 2.05) is 0 Å².